The van der Waals surface area contributed by atoms with Crippen LogP contribution in [-0.2, 0) is 47.6 Å². The molecule has 3 saturated heterocycles. The van der Waals surface area contributed by atoms with Gasteiger partial charge in [-0.1, -0.05) is 51.6 Å². The lowest BCUT2D eigenvalue weighted by molar-refractivity contribution is -0.318. The number of amides is 1. The molecule has 70 heavy (non-hydrogen) atoms. The van der Waals surface area contributed by atoms with Crippen LogP contribution >= 0.6 is 11.8 Å². The smallest absolute Gasteiger partial charge is 0.327 e. The summed E-state index contributed by atoms with van der Waals surface area (Å²) in [6, 6.07) is 4.52. The molecular weight excluding hydrogens is 937 g/mol. The normalized spacial score (nSPS) is 39.4. The molecule has 0 bridgehead atoms. The summed E-state index contributed by atoms with van der Waals surface area (Å²) >= 11 is 0.728. The highest BCUT2D eigenvalue weighted by molar-refractivity contribution is 8.14. The molecule has 0 spiro atoms. The molecule has 1 amide bonds. The van der Waals surface area contributed by atoms with E-state index in [9.17, 15) is 54.6 Å². The molecule has 4 rings (SSSR count). The van der Waals surface area contributed by atoms with Crippen LogP contribution in [0.5, 0.6) is 5.75 Å². The fourth-order valence-electron chi connectivity index (χ4n) is 9.71. The number of hydrogen-bond acceptors (Lipinski definition) is 19. The van der Waals surface area contributed by atoms with Gasteiger partial charge in [-0.3, -0.25) is 19.2 Å². The number of aliphatic carboxylic acids is 1. The monoisotopic (exact) mass is 1020 g/mol. The maximum absolute atomic E-state index is 14.1. The molecular formula is C49H80N2O18S. The van der Waals surface area contributed by atoms with E-state index in [2.05, 4.69) is 5.32 Å². The fraction of sp³-hybridized carbons (Fsp3) is 0.776. The van der Waals surface area contributed by atoms with Crippen LogP contribution in [0, 0.1) is 23.7 Å². The van der Waals surface area contributed by atoms with Gasteiger partial charge in [0.05, 0.1) is 53.2 Å². The van der Waals surface area contributed by atoms with E-state index < -0.39 is 131 Å². The molecule has 20 nitrogen and oxygen atoms in total. The Morgan fingerprint density at radius 3 is 2.09 bits per heavy atom. The van der Waals surface area contributed by atoms with E-state index in [1.807, 2.05) is 25.9 Å². The number of benzene rings is 1. The predicted octanol–water partition coefficient (Wildman–Crippen LogP) is 2.64. The van der Waals surface area contributed by atoms with Crippen LogP contribution < -0.4 is 5.32 Å². The first-order valence-electron chi connectivity index (χ1n) is 23.9. The van der Waals surface area contributed by atoms with Crippen molar-refractivity contribution < 1.29 is 88.1 Å². The highest BCUT2D eigenvalue weighted by atomic mass is 32.2. The number of carboxylic acid groups (broad SMARTS) is 1. The molecule has 19 atom stereocenters. The van der Waals surface area contributed by atoms with E-state index in [0.29, 0.717) is 6.42 Å². The number of Topliss-reactive ketones (excluding diaryl/α,β-unsaturated/α-hetero) is 1. The minimum absolute atomic E-state index is 0.0936. The van der Waals surface area contributed by atoms with Crippen LogP contribution in [0.3, 0.4) is 0 Å². The highest BCUT2D eigenvalue weighted by Crippen LogP contribution is 2.41. The van der Waals surface area contributed by atoms with Crippen molar-refractivity contribution in [3.05, 3.63) is 29.8 Å². The quantitative estimate of drug-likeness (QED) is 0.140. The number of carboxylic acids is 1. The van der Waals surface area contributed by atoms with Crippen molar-refractivity contribution in [2.45, 2.75) is 192 Å². The van der Waals surface area contributed by atoms with Gasteiger partial charge in [-0.05, 0) is 87.0 Å². The number of ether oxygens (including phenoxy) is 6. The van der Waals surface area contributed by atoms with Gasteiger partial charge in [-0.15, -0.1) is 0 Å². The van der Waals surface area contributed by atoms with Crippen molar-refractivity contribution in [3.8, 4) is 5.75 Å². The lowest BCUT2D eigenvalue weighted by Crippen LogP contribution is -2.61. The summed E-state index contributed by atoms with van der Waals surface area (Å²) in [6.45, 7) is 17.5. The predicted molar refractivity (Wildman–Crippen MR) is 256 cm³/mol. The zero-order valence-corrected chi connectivity index (χ0v) is 43.9. The zero-order valence-electron chi connectivity index (χ0n) is 43.1. The summed E-state index contributed by atoms with van der Waals surface area (Å²) in [5, 5.41) is 77.7. The van der Waals surface area contributed by atoms with E-state index in [1.54, 1.807) is 53.7 Å². The summed E-state index contributed by atoms with van der Waals surface area (Å²) in [6.07, 6.45) is -9.71. The van der Waals surface area contributed by atoms with Crippen LogP contribution in [0.25, 0.3) is 0 Å². The molecule has 1 aromatic carbocycles. The number of aliphatic hydroxyl groups excluding tert-OH is 3. The Hall–Kier alpha value is -3.32. The van der Waals surface area contributed by atoms with E-state index in [1.165, 1.54) is 46.9 Å². The molecule has 3 aliphatic heterocycles. The summed E-state index contributed by atoms with van der Waals surface area (Å²) in [4.78, 5) is 63.2. The number of cyclic esters (lactones) is 1. The van der Waals surface area contributed by atoms with Crippen molar-refractivity contribution >= 4 is 40.5 Å². The second kappa shape index (κ2) is 25.6. The Kier molecular flexibility index (Phi) is 22.3. The average molecular weight is 1020 g/mol. The first-order valence-corrected chi connectivity index (χ1v) is 24.8. The Labute approximate surface area is 416 Å². The van der Waals surface area contributed by atoms with E-state index >= 15 is 0 Å². The van der Waals surface area contributed by atoms with E-state index in [0.717, 1.165) is 11.8 Å². The number of phenols is 1. The topological polar surface area (TPSA) is 298 Å². The molecule has 0 aromatic heterocycles. The minimum Gasteiger partial charge on any atom is -0.507 e. The molecule has 1 aromatic rings. The lowest BCUT2D eigenvalue weighted by Gasteiger charge is -2.49. The first-order chi connectivity index (χ1) is 32.3. The van der Waals surface area contributed by atoms with Gasteiger partial charge in [0.2, 0.25) is 11.0 Å². The van der Waals surface area contributed by atoms with Gasteiger partial charge >= 0.3 is 11.9 Å². The number of esters is 1. The van der Waals surface area contributed by atoms with E-state index in [4.69, 9.17) is 33.5 Å². The fourth-order valence-corrected chi connectivity index (χ4v) is 10.6. The van der Waals surface area contributed by atoms with Crippen molar-refractivity contribution in [1.82, 2.24) is 10.2 Å². The number of thioether (sulfide) groups is 1. The Morgan fingerprint density at radius 1 is 0.929 bits per heavy atom. The minimum atomic E-state index is -1.99. The maximum atomic E-state index is 14.1. The highest BCUT2D eigenvalue weighted by Gasteiger charge is 2.53. The standard InChI is InChI=1S/C37H67NO13.C12H13NO5S/c1-14-25-37(10,45)30(41)20(4)27(39)18(2)16-35(8,44)32(51-34-28(40)24(38(11)12)15-19(3)47-34)21(5)29(22(6)33(43)49-25)50-26-17-36(9,46-13)31(42)23(7)48-26;1-7(14)13-9(11(16)17)6-19-12(18)8-4-2-3-5-10(8)15/h18-26,28-32,34,40-42,44-45H,14-17H2,1-13H3;2-5,9,15H,6H2,1H3,(H,13,14)(H,16,17). The number of nitrogens with one attached hydrogen (secondary N) is 1. The van der Waals surface area contributed by atoms with Gasteiger partial charge in [0, 0.05) is 50.0 Å². The number of phenolic OH excluding ortho intramolecular Hbond substituents is 1. The van der Waals surface area contributed by atoms with Crippen LogP contribution in [-0.4, -0.2) is 187 Å². The number of rotatable bonds is 12. The summed E-state index contributed by atoms with van der Waals surface area (Å²) in [7, 11) is 5.18. The van der Waals surface area contributed by atoms with Crippen molar-refractivity contribution in [3.63, 3.8) is 0 Å². The Morgan fingerprint density at radius 2 is 1.54 bits per heavy atom. The van der Waals surface area contributed by atoms with Gasteiger partial charge in [-0.2, -0.15) is 0 Å². The SMILES string of the molecule is CC(=O)NC(CSC(=O)c1ccccc1O)C(=O)O.CCC1OC(=O)C(C)C(OC2CC(C)(OC)C(O)C(C)O2)C(C)C(OC2OC(C)CC(N(C)C)C2O)C(C)(O)CC(C)C(=O)C(C)C(O)C1(C)O. The van der Waals surface area contributed by atoms with Crippen molar-refractivity contribution in [2.75, 3.05) is 27.0 Å². The van der Waals surface area contributed by atoms with Crippen LogP contribution in [0.2, 0.25) is 0 Å². The molecule has 0 saturated carbocycles. The van der Waals surface area contributed by atoms with E-state index in [-0.39, 0.29) is 48.5 Å². The molecule has 3 fully saturated rings. The third-order valence-corrected chi connectivity index (χ3v) is 15.0. The number of carbonyl (C=O) groups is 5. The van der Waals surface area contributed by atoms with Crippen LogP contribution in [0.4, 0.5) is 0 Å². The molecule has 0 radical (unpaired) electrons. The molecule has 0 aliphatic carbocycles. The van der Waals surface area contributed by atoms with Crippen molar-refractivity contribution in [1.29, 1.82) is 0 Å². The number of aliphatic hydroxyl groups is 5. The summed E-state index contributed by atoms with van der Waals surface area (Å²) in [5.41, 5.74) is -4.73. The largest absolute Gasteiger partial charge is 0.507 e. The molecule has 8 N–H and O–H groups in total. The van der Waals surface area contributed by atoms with Crippen LogP contribution in [0.15, 0.2) is 24.3 Å². The number of carbonyl (C=O) groups excluding carboxylic acids is 4. The van der Waals surface area contributed by atoms with Gasteiger partial charge in [0.15, 0.2) is 12.6 Å². The van der Waals surface area contributed by atoms with Gasteiger partial charge in [-0.25, -0.2) is 4.79 Å². The number of para-hydroxylation sites is 1. The molecule has 21 heteroatoms. The van der Waals surface area contributed by atoms with Crippen LogP contribution in [0.1, 0.15) is 112 Å². The number of methoxy groups -OCH3 is 1. The Bertz CT molecular complexity index is 1920. The Balaban J connectivity index is 0.000000569. The molecule has 3 aliphatic rings. The number of ketones is 1. The molecule has 400 valence electrons. The maximum Gasteiger partial charge on any atom is 0.327 e. The second-order valence-corrected chi connectivity index (χ2v) is 21.2. The van der Waals surface area contributed by atoms with Gasteiger partial charge in [0.25, 0.3) is 0 Å². The number of hydrogen-bond donors (Lipinski definition) is 8. The zero-order chi connectivity index (χ0) is 53.4. The number of likely N-dealkylation sites (N-methyl/N-ethyl adjacent to an activating group) is 1. The molecule has 19 unspecified atom stereocenters. The number of aromatic hydroxyl groups is 1. The van der Waals surface area contributed by atoms with Gasteiger partial charge in [0.1, 0.15) is 41.5 Å². The average Bonchev–Trinajstić information content (AvgIpc) is 3.28. The number of nitrogens with zero attached hydrogens (tertiary/aromatic N) is 1. The van der Waals surface area contributed by atoms with Crippen molar-refractivity contribution in [2.24, 2.45) is 23.7 Å². The third kappa shape index (κ3) is 15.1. The third-order valence-electron chi connectivity index (χ3n) is 14.0. The van der Waals surface area contributed by atoms with Gasteiger partial charge < -0.3 is 74.4 Å². The first kappa shape index (κ1) is 61.0. The molecule has 3 heterocycles. The summed E-state index contributed by atoms with van der Waals surface area (Å²) < 4.78 is 37.1. The second-order valence-electron chi connectivity index (χ2n) is 20.2. The summed E-state index contributed by atoms with van der Waals surface area (Å²) in [5.74, 6) is -6.94. The lowest BCUT2D eigenvalue weighted by atomic mass is 9.74.